The van der Waals surface area contributed by atoms with Crippen molar-refractivity contribution >= 4 is 5.97 Å². The molecule has 0 bridgehead atoms. The molecule has 96 valence electrons. The van der Waals surface area contributed by atoms with Gasteiger partial charge in [-0.3, -0.25) is 4.79 Å². The summed E-state index contributed by atoms with van der Waals surface area (Å²) < 4.78 is 0. The predicted molar refractivity (Wildman–Crippen MR) is 74.0 cm³/mol. The number of carboxylic acid groups (broad SMARTS) is 1. The van der Waals surface area contributed by atoms with Crippen LogP contribution in [0.2, 0.25) is 0 Å². The third-order valence-electron chi connectivity index (χ3n) is 3.70. The van der Waals surface area contributed by atoms with Gasteiger partial charge in [0.1, 0.15) is 6.04 Å². The molecule has 0 amide bonds. The lowest BCUT2D eigenvalue weighted by Crippen LogP contribution is -2.32. The maximum atomic E-state index is 10.9. The van der Waals surface area contributed by atoms with Crippen molar-refractivity contribution < 1.29 is 9.90 Å². The summed E-state index contributed by atoms with van der Waals surface area (Å²) in [5.74, 6) is -0.951. The average Bonchev–Trinajstić information content (AvgIpc) is 2.78. The molecule has 3 N–H and O–H groups in total. The fourth-order valence-corrected chi connectivity index (χ4v) is 2.74. The fraction of sp³-hybridized carbons (Fsp3) is 0.188. The van der Waals surface area contributed by atoms with Gasteiger partial charge in [0, 0.05) is 0 Å². The smallest absolute Gasteiger partial charge is 0.320 e. The van der Waals surface area contributed by atoms with Crippen LogP contribution >= 0.6 is 0 Å². The van der Waals surface area contributed by atoms with E-state index in [1.165, 1.54) is 22.3 Å². The Labute approximate surface area is 111 Å². The Balaban J connectivity index is 2.01. The summed E-state index contributed by atoms with van der Waals surface area (Å²) in [5.41, 5.74) is 11.7. The second-order valence-corrected chi connectivity index (χ2v) is 4.93. The van der Waals surface area contributed by atoms with Gasteiger partial charge in [-0.1, -0.05) is 42.5 Å². The summed E-state index contributed by atoms with van der Waals surface area (Å²) in [6.07, 6.45) is 1.25. The van der Waals surface area contributed by atoms with E-state index < -0.39 is 12.0 Å². The summed E-state index contributed by atoms with van der Waals surface area (Å²) in [7, 11) is 0. The molecule has 0 unspecified atom stereocenters. The van der Waals surface area contributed by atoms with E-state index in [0.29, 0.717) is 6.42 Å². The number of hydrogen-bond acceptors (Lipinski definition) is 2. The van der Waals surface area contributed by atoms with E-state index in [0.717, 1.165) is 12.0 Å². The number of aliphatic carboxylic acids is 1. The number of hydrogen-bond donors (Lipinski definition) is 2. The molecule has 2 aromatic carbocycles. The third kappa shape index (κ3) is 2.02. The Morgan fingerprint density at radius 3 is 2.68 bits per heavy atom. The van der Waals surface area contributed by atoms with Crippen molar-refractivity contribution in [3.63, 3.8) is 0 Å². The lowest BCUT2D eigenvalue weighted by Gasteiger charge is -2.11. The number of rotatable bonds is 3. The molecular weight excluding hydrogens is 238 g/mol. The minimum atomic E-state index is -0.951. The lowest BCUT2D eigenvalue weighted by molar-refractivity contribution is -0.138. The number of fused-ring (bicyclic) bond motifs is 3. The highest BCUT2D eigenvalue weighted by Gasteiger charge is 2.22. The summed E-state index contributed by atoms with van der Waals surface area (Å²) >= 11 is 0. The molecule has 1 atom stereocenters. The predicted octanol–water partition coefficient (Wildman–Crippen LogP) is 2.21. The van der Waals surface area contributed by atoms with E-state index in [9.17, 15) is 4.79 Å². The highest BCUT2D eigenvalue weighted by molar-refractivity contribution is 5.79. The number of nitrogens with two attached hydrogens (primary N) is 1. The summed E-state index contributed by atoms with van der Waals surface area (Å²) in [6.45, 7) is 0. The van der Waals surface area contributed by atoms with Crippen LogP contribution in [0, 0.1) is 0 Å². The Hall–Kier alpha value is -2.13. The van der Waals surface area contributed by atoms with Gasteiger partial charge in [0.25, 0.3) is 0 Å². The van der Waals surface area contributed by atoms with Crippen LogP contribution in [-0.2, 0) is 17.6 Å². The second-order valence-electron chi connectivity index (χ2n) is 4.93. The molecule has 3 nitrogen and oxygen atoms in total. The van der Waals surface area contributed by atoms with E-state index in [-0.39, 0.29) is 0 Å². The van der Waals surface area contributed by atoms with Crippen LogP contribution in [0.25, 0.3) is 11.1 Å². The molecule has 19 heavy (non-hydrogen) atoms. The molecule has 0 saturated carbocycles. The van der Waals surface area contributed by atoms with Crippen molar-refractivity contribution in [2.24, 2.45) is 5.73 Å². The van der Waals surface area contributed by atoms with Gasteiger partial charge in [-0.15, -0.1) is 0 Å². The summed E-state index contributed by atoms with van der Waals surface area (Å²) in [5, 5.41) is 8.94. The molecule has 0 heterocycles. The van der Waals surface area contributed by atoms with E-state index in [1.54, 1.807) is 0 Å². The van der Waals surface area contributed by atoms with Crippen LogP contribution in [0.15, 0.2) is 42.5 Å². The van der Waals surface area contributed by atoms with Crippen LogP contribution in [0.3, 0.4) is 0 Å². The zero-order valence-corrected chi connectivity index (χ0v) is 10.5. The minimum Gasteiger partial charge on any atom is -0.480 e. The normalized spacial score (nSPS) is 13.7. The summed E-state index contributed by atoms with van der Waals surface area (Å²) in [6, 6.07) is 13.5. The first-order chi connectivity index (χ1) is 9.16. The van der Waals surface area contributed by atoms with E-state index in [1.807, 2.05) is 24.3 Å². The molecule has 0 aromatic heterocycles. The third-order valence-corrected chi connectivity index (χ3v) is 3.70. The molecule has 3 rings (SSSR count). The maximum absolute atomic E-state index is 10.9. The molecule has 0 fully saturated rings. The lowest BCUT2D eigenvalue weighted by atomic mass is 9.96. The van der Waals surface area contributed by atoms with Crippen molar-refractivity contribution in [1.29, 1.82) is 0 Å². The van der Waals surface area contributed by atoms with Gasteiger partial charge >= 0.3 is 5.97 Å². The Morgan fingerprint density at radius 2 is 1.89 bits per heavy atom. The van der Waals surface area contributed by atoms with E-state index in [2.05, 4.69) is 18.2 Å². The van der Waals surface area contributed by atoms with Gasteiger partial charge in [-0.05, 0) is 40.7 Å². The quantitative estimate of drug-likeness (QED) is 0.752. The van der Waals surface area contributed by atoms with E-state index >= 15 is 0 Å². The summed E-state index contributed by atoms with van der Waals surface area (Å²) in [4.78, 5) is 10.9. The number of carboxylic acids is 1. The SMILES string of the molecule is N[C@@H](Cc1cccc2c1Cc1ccccc1-2)C(=O)O. The van der Waals surface area contributed by atoms with Crippen molar-refractivity contribution in [3.05, 3.63) is 59.2 Å². The Bertz CT molecular complexity index is 649. The zero-order valence-electron chi connectivity index (χ0n) is 10.5. The van der Waals surface area contributed by atoms with Crippen molar-refractivity contribution in [2.45, 2.75) is 18.9 Å². The van der Waals surface area contributed by atoms with Crippen LogP contribution in [0.1, 0.15) is 16.7 Å². The molecule has 0 saturated heterocycles. The molecule has 3 heteroatoms. The molecule has 2 aromatic rings. The highest BCUT2D eigenvalue weighted by Crippen LogP contribution is 2.38. The van der Waals surface area contributed by atoms with Crippen molar-refractivity contribution in [2.75, 3.05) is 0 Å². The Morgan fingerprint density at radius 1 is 1.16 bits per heavy atom. The van der Waals surface area contributed by atoms with Gasteiger partial charge in [0.05, 0.1) is 0 Å². The van der Waals surface area contributed by atoms with Crippen molar-refractivity contribution in [3.8, 4) is 11.1 Å². The first-order valence-electron chi connectivity index (χ1n) is 6.34. The molecular formula is C16H15NO2. The van der Waals surface area contributed by atoms with Crippen LogP contribution in [0.4, 0.5) is 0 Å². The highest BCUT2D eigenvalue weighted by atomic mass is 16.4. The monoisotopic (exact) mass is 253 g/mol. The van der Waals surface area contributed by atoms with Crippen LogP contribution in [0.5, 0.6) is 0 Å². The van der Waals surface area contributed by atoms with E-state index in [4.69, 9.17) is 10.8 Å². The van der Waals surface area contributed by atoms with Gasteiger partial charge in [-0.2, -0.15) is 0 Å². The van der Waals surface area contributed by atoms with Gasteiger partial charge in [0.2, 0.25) is 0 Å². The zero-order chi connectivity index (χ0) is 13.4. The first-order valence-corrected chi connectivity index (χ1v) is 6.34. The topological polar surface area (TPSA) is 63.3 Å². The van der Waals surface area contributed by atoms with Gasteiger partial charge in [0.15, 0.2) is 0 Å². The standard InChI is InChI=1S/C16H15NO2/c17-15(16(18)19)9-11-5-3-7-13-12-6-2-1-4-10(12)8-14(11)13/h1-7,15H,8-9,17H2,(H,18,19)/t15-/m0/s1. The molecule has 0 spiro atoms. The number of carbonyl (C=O) groups is 1. The second kappa shape index (κ2) is 4.52. The molecule has 1 aliphatic carbocycles. The van der Waals surface area contributed by atoms with Crippen LogP contribution in [-0.4, -0.2) is 17.1 Å². The molecule has 0 radical (unpaired) electrons. The fourth-order valence-electron chi connectivity index (χ4n) is 2.74. The van der Waals surface area contributed by atoms with Crippen LogP contribution < -0.4 is 5.73 Å². The van der Waals surface area contributed by atoms with Gasteiger partial charge in [-0.25, -0.2) is 0 Å². The molecule has 1 aliphatic rings. The minimum absolute atomic E-state index is 0.381. The van der Waals surface area contributed by atoms with Crippen molar-refractivity contribution in [1.82, 2.24) is 0 Å². The molecule has 0 aliphatic heterocycles. The average molecular weight is 253 g/mol. The van der Waals surface area contributed by atoms with Gasteiger partial charge < -0.3 is 10.8 Å². The number of benzene rings is 2. The Kier molecular flexibility index (Phi) is 2.84. The largest absolute Gasteiger partial charge is 0.480 e. The first kappa shape index (κ1) is 11.9. The maximum Gasteiger partial charge on any atom is 0.320 e.